The molecule has 0 aliphatic carbocycles. The summed E-state index contributed by atoms with van der Waals surface area (Å²) in [5.74, 6) is -1.23. The summed E-state index contributed by atoms with van der Waals surface area (Å²) in [5, 5.41) is 56.9. The van der Waals surface area contributed by atoms with E-state index in [4.69, 9.17) is 14.2 Å². The minimum absolute atomic E-state index is 0.0772. The molecule has 11 heteroatoms. The first-order valence-corrected chi connectivity index (χ1v) is 31.1. The van der Waals surface area contributed by atoms with Crippen molar-refractivity contribution >= 4 is 11.9 Å². The molecule has 6 N–H and O–H groups in total. The number of aliphatic hydroxyl groups excluding tert-OH is 5. The number of esters is 1. The maximum Gasteiger partial charge on any atom is 0.306 e. The number of carbonyl (C=O) groups excluding carboxylic acids is 2. The predicted molar refractivity (Wildman–Crippen MR) is 310 cm³/mol. The maximum atomic E-state index is 13.4. The minimum atomic E-state index is -1.63. The number of unbranched alkanes of at least 4 members (excludes halogenated alkanes) is 33. The third-order valence-electron chi connectivity index (χ3n) is 14.5. The second-order valence-electron chi connectivity index (χ2n) is 21.5. The lowest BCUT2D eigenvalue weighted by Gasteiger charge is -2.41. The molecule has 0 aromatic heterocycles. The van der Waals surface area contributed by atoms with E-state index in [-0.39, 0.29) is 13.0 Å². The summed E-state index contributed by atoms with van der Waals surface area (Å²) < 4.78 is 17.5. The molecule has 1 amide bonds. The van der Waals surface area contributed by atoms with Gasteiger partial charge < -0.3 is 45.1 Å². The van der Waals surface area contributed by atoms with Gasteiger partial charge in [-0.3, -0.25) is 9.59 Å². The van der Waals surface area contributed by atoms with Crippen LogP contribution in [0.5, 0.6) is 0 Å². The van der Waals surface area contributed by atoms with Gasteiger partial charge in [-0.25, -0.2) is 0 Å². The molecular weight excluding hydrogens is 943 g/mol. The Labute approximate surface area is 458 Å². The number of rotatable bonds is 52. The van der Waals surface area contributed by atoms with Crippen molar-refractivity contribution < 1.29 is 49.3 Å². The van der Waals surface area contributed by atoms with Gasteiger partial charge in [0.1, 0.15) is 24.4 Å². The smallest absolute Gasteiger partial charge is 0.306 e. The average molecular weight is 1060 g/mol. The largest absolute Gasteiger partial charge is 0.454 e. The molecule has 0 aromatic rings. The van der Waals surface area contributed by atoms with E-state index in [9.17, 15) is 35.1 Å². The van der Waals surface area contributed by atoms with Gasteiger partial charge in [-0.2, -0.15) is 0 Å². The first-order valence-electron chi connectivity index (χ1n) is 31.1. The fourth-order valence-electron chi connectivity index (χ4n) is 9.60. The van der Waals surface area contributed by atoms with Gasteiger partial charge in [0.2, 0.25) is 5.91 Å². The zero-order valence-corrected chi connectivity index (χ0v) is 48.2. The van der Waals surface area contributed by atoms with Gasteiger partial charge in [0.05, 0.1) is 25.4 Å². The van der Waals surface area contributed by atoms with Crippen LogP contribution < -0.4 is 5.32 Å². The van der Waals surface area contributed by atoms with Gasteiger partial charge in [-0.05, 0) is 44.9 Å². The summed E-state index contributed by atoms with van der Waals surface area (Å²) in [6, 6.07) is -1.03. The van der Waals surface area contributed by atoms with Crippen molar-refractivity contribution in [3.8, 4) is 0 Å². The molecule has 1 saturated heterocycles. The minimum Gasteiger partial charge on any atom is -0.454 e. The lowest BCUT2D eigenvalue weighted by atomic mass is 9.99. The highest BCUT2D eigenvalue weighted by molar-refractivity contribution is 5.80. The Morgan fingerprint density at radius 2 is 0.960 bits per heavy atom. The molecule has 1 heterocycles. The molecule has 11 nitrogen and oxygen atoms in total. The van der Waals surface area contributed by atoms with Gasteiger partial charge in [-0.1, -0.05) is 281 Å². The average Bonchev–Trinajstić information content (AvgIpc) is 3.41. The Hall–Kier alpha value is -2.64. The summed E-state index contributed by atoms with van der Waals surface area (Å²) in [6.45, 7) is 5.63. The second kappa shape index (κ2) is 52.1. The summed E-state index contributed by atoms with van der Waals surface area (Å²) in [4.78, 5) is 26.5. The Kier molecular flexibility index (Phi) is 48.9. The van der Waals surface area contributed by atoms with Crippen LogP contribution in [-0.4, -0.2) is 99.6 Å². The molecule has 75 heavy (non-hydrogen) atoms. The molecular formula is C64H115NO10. The lowest BCUT2D eigenvalue weighted by molar-refractivity contribution is -0.305. The highest BCUT2D eigenvalue weighted by Crippen LogP contribution is 2.26. The molecule has 8 unspecified atom stereocenters. The standard InChI is InChI=1S/C64H115NO10/c1-4-7-10-13-16-19-22-24-25-26-27-28-29-30-31-32-34-36-39-42-45-48-51-57(68)63(72)65-55(56(67)50-47-44-41-38-35-21-18-15-12-9-6-3)54-73-64-62(61(71)60(70)58(53-66)74-64)75-59(69)52-49-46-43-40-37-33-23-20-17-14-11-8-5-2/h8,11,14,17,20,23,33,37,47,50,55-58,60-62,64,66-68,70-71H,4-7,9-10,12-13,15-16,18-19,21-22,24-32,34-36,38-46,48-49,51-54H2,1-3H3,(H,65,72)/b11-8+,17-14+,23-20-,37-33-,50-47+. The van der Waals surface area contributed by atoms with Crippen molar-refractivity contribution in [2.45, 2.75) is 320 Å². The molecule has 0 spiro atoms. The monoisotopic (exact) mass is 1060 g/mol. The van der Waals surface area contributed by atoms with E-state index in [1.165, 1.54) is 161 Å². The van der Waals surface area contributed by atoms with E-state index >= 15 is 0 Å². The maximum absolute atomic E-state index is 13.4. The van der Waals surface area contributed by atoms with Crippen LogP contribution in [0, 0.1) is 0 Å². The number of nitrogens with one attached hydrogen (secondary N) is 1. The number of carbonyl (C=O) groups is 2. The quantitative estimate of drug-likeness (QED) is 0.0149. The van der Waals surface area contributed by atoms with Gasteiger partial charge in [0.25, 0.3) is 0 Å². The fourth-order valence-corrected chi connectivity index (χ4v) is 9.60. The van der Waals surface area contributed by atoms with Crippen molar-refractivity contribution in [1.29, 1.82) is 0 Å². The van der Waals surface area contributed by atoms with E-state index in [1.54, 1.807) is 6.08 Å². The third kappa shape index (κ3) is 40.2. The van der Waals surface area contributed by atoms with Gasteiger partial charge in [-0.15, -0.1) is 0 Å². The molecule has 1 rings (SSSR count). The first-order chi connectivity index (χ1) is 36.7. The number of allylic oxidation sites excluding steroid dienone is 9. The Bertz CT molecular complexity index is 1450. The van der Waals surface area contributed by atoms with Crippen LogP contribution in [0.25, 0.3) is 0 Å². The van der Waals surface area contributed by atoms with Crippen molar-refractivity contribution in [2.24, 2.45) is 0 Å². The van der Waals surface area contributed by atoms with E-state index in [2.05, 4.69) is 38.2 Å². The van der Waals surface area contributed by atoms with Gasteiger partial charge in [0, 0.05) is 6.42 Å². The third-order valence-corrected chi connectivity index (χ3v) is 14.5. The van der Waals surface area contributed by atoms with Crippen molar-refractivity contribution in [2.75, 3.05) is 13.2 Å². The molecule has 1 aliphatic rings. The lowest BCUT2D eigenvalue weighted by Crippen LogP contribution is -2.61. The fraction of sp³-hybridized carbons (Fsp3) is 0.812. The number of ether oxygens (including phenoxy) is 3. The van der Waals surface area contributed by atoms with E-state index < -0.39 is 67.4 Å². The van der Waals surface area contributed by atoms with Crippen molar-refractivity contribution in [3.05, 3.63) is 60.8 Å². The number of hydrogen-bond acceptors (Lipinski definition) is 10. The highest BCUT2D eigenvalue weighted by atomic mass is 16.7. The summed E-state index contributed by atoms with van der Waals surface area (Å²) in [5.41, 5.74) is 0. The molecule has 0 saturated carbocycles. The van der Waals surface area contributed by atoms with Crippen LogP contribution in [-0.2, 0) is 23.8 Å². The molecule has 1 aliphatic heterocycles. The Morgan fingerprint density at radius 1 is 0.533 bits per heavy atom. The van der Waals surface area contributed by atoms with Crippen LogP contribution in [0.2, 0.25) is 0 Å². The van der Waals surface area contributed by atoms with Crippen LogP contribution >= 0.6 is 0 Å². The molecule has 8 atom stereocenters. The van der Waals surface area contributed by atoms with Crippen molar-refractivity contribution in [1.82, 2.24) is 5.32 Å². The van der Waals surface area contributed by atoms with Crippen LogP contribution in [0.4, 0.5) is 0 Å². The zero-order chi connectivity index (χ0) is 54.7. The van der Waals surface area contributed by atoms with E-state index in [0.717, 1.165) is 64.2 Å². The van der Waals surface area contributed by atoms with Gasteiger partial charge >= 0.3 is 5.97 Å². The highest BCUT2D eigenvalue weighted by Gasteiger charge is 2.47. The number of hydrogen-bond donors (Lipinski definition) is 6. The summed E-state index contributed by atoms with van der Waals surface area (Å²) >= 11 is 0. The predicted octanol–water partition coefficient (Wildman–Crippen LogP) is 14.6. The molecule has 1 fully saturated rings. The second-order valence-corrected chi connectivity index (χ2v) is 21.5. The van der Waals surface area contributed by atoms with Crippen LogP contribution in [0.15, 0.2) is 60.8 Å². The molecule has 436 valence electrons. The normalized spacial score (nSPS) is 19.6. The van der Waals surface area contributed by atoms with Crippen LogP contribution in [0.3, 0.4) is 0 Å². The van der Waals surface area contributed by atoms with Gasteiger partial charge in [0.15, 0.2) is 12.4 Å². The summed E-state index contributed by atoms with van der Waals surface area (Å²) in [7, 11) is 0. The Morgan fingerprint density at radius 3 is 1.44 bits per heavy atom. The summed E-state index contributed by atoms with van der Waals surface area (Å²) in [6.07, 6.45) is 54.3. The zero-order valence-electron chi connectivity index (χ0n) is 48.2. The van der Waals surface area contributed by atoms with Crippen LogP contribution in [0.1, 0.15) is 271 Å². The molecule has 0 radical (unpaired) electrons. The molecule has 0 aromatic carbocycles. The first kappa shape index (κ1) is 70.4. The molecule has 0 bridgehead atoms. The van der Waals surface area contributed by atoms with E-state index in [0.29, 0.717) is 19.3 Å². The Balaban J connectivity index is 2.63. The topological polar surface area (TPSA) is 175 Å². The van der Waals surface area contributed by atoms with Crippen molar-refractivity contribution in [3.63, 3.8) is 0 Å². The number of amides is 1. The SMILES string of the molecule is CC/C=C/C=C/C=C\C=C/CCCCCC(=O)OC1C(OCC(NC(=O)C(O)CCCCCCCCCCCCCCCCCCCCCCCC)C(O)/C=C/CCCCCCCCCCC)OC(CO)C(O)C1O. The number of aliphatic hydroxyl groups is 5. The van der Waals surface area contributed by atoms with E-state index in [1.807, 2.05) is 42.5 Å².